The fraction of sp³-hybridized carbons (Fsp3) is 0.182. The molecule has 0 aliphatic carbocycles. The zero-order valence-electron chi connectivity index (χ0n) is 9.49. The molecule has 0 saturated heterocycles. The molecule has 7 nitrogen and oxygen atoms in total. The number of non-ortho nitro benzene ring substituents is 1. The largest absolute Gasteiger partial charge is 0.339 e. The Balaban J connectivity index is 2.23. The molecule has 0 amide bonds. The molecule has 0 unspecified atom stereocenters. The molecule has 0 N–H and O–H groups in total. The molecule has 7 heteroatoms. The minimum Gasteiger partial charge on any atom is -0.339 e. The molecule has 18 heavy (non-hydrogen) atoms. The summed E-state index contributed by atoms with van der Waals surface area (Å²) >= 11 is 0. The van der Waals surface area contributed by atoms with Crippen molar-refractivity contribution in [2.75, 3.05) is 0 Å². The van der Waals surface area contributed by atoms with Gasteiger partial charge in [-0.2, -0.15) is 4.98 Å². The van der Waals surface area contributed by atoms with Gasteiger partial charge in [0, 0.05) is 17.7 Å². The maximum atomic E-state index is 10.9. The average Bonchev–Trinajstić information content (AvgIpc) is 2.76. The van der Waals surface area contributed by atoms with Crippen LogP contribution in [0.15, 0.2) is 28.8 Å². The van der Waals surface area contributed by atoms with Crippen LogP contribution in [-0.2, 0) is 11.2 Å². The van der Waals surface area contributed by atoms with E-state index in [0.29, 0.717) is 11.4 Å². The van der Waals surface area contributed by atoms with Gasteiger partial charge in [-0.05, 0) is 19.1 Å². The third-order valence-corrected chi connectivity index (χ3v) is 2.20. The maximum absolute atomic E-state index is 10.9. The molecule has 1 aromatic carbocycles. The van der Waals surface area contributed by atoms with E-state index in [1.165, 1.54) is 31.2 Å². The first kappa shape index (κ1) is 11.9. The van der Waals surface area contributed by atoms with Crippen molar-refractivity contribution in [1.29, 1.82) is 0 Å². The van der Waals surface area contributed by atoms with Crippen molar-refractivity contribution in [1.82, 2.24) is 10.1 Å². The molecule has 0 radical (unpaired) electrons. The Morgan fingerprint density at radius 2 is 2.06 bits per heavy atom. The second-order valence-electron chi connectivity index (χ2n) is 3.69. The third kappa shape index (κ3) is 2.57. The lowest BCUT2D eigenvalue weighted by atomic mass is 10.2. The molecule has 92 valence electrons. The number of carbonyl (C=O) groups excluding carboxylic acids is 1. The standard InChI is InChI=1S/C11H9N3O4/c1-7(15)6-10-12-11(13-18-10)8-2-4-9(5-3-8)14(16)17/h2-5H,6H2,1H3. The van der Waals surface area contributed by atoms with Crippen LogP contribution in [0.5, 0.6) is 0 Å². The quantitative estimate of drug-likeness (QED) is 0.603. The summed E-state index contributed by atoms with van der Waals surface area (Å²) in [6.45, 7) is 1.43. The molecule has 2 aromatic rings. The van der Waals surface area contributed by atoms with Gasteiger partial charge in [0.05, 0.1) is 11.3 Å². The zero-order valence-corrected chi connectivity index (χ0v) is 9.49. The number of ketones is 1. The summed E-state index contributed by atoms with van der Waals surface area (Å²) in [5.74, 6) is 0.464. The Morgan fingerprint density at radius 1 is 1.39 bits per heavy atom. The minimum absolute atomic E-state index is 0.00814. The number of nitrogens with zero attached hydrogens (tertiary/aromatic N) is 3. The normalized spacial score (nSPS) is 10.3. The zero-order chi connectivity index (χ0) is 13.1. The molecule has 0 aliphatic heterocycles. The first-order valence-electron chi connectivity index (χ1n) is 5.13. The Bertz CT molecular complexity index is 589. The van der Waals surface area contributed by atoms with Crippen LogP contribution in [0.1, 0.15) is 12.8 Å². The van der Waals surface area contributed by atoms with Crippen molar-refractivity contribution in [2.24, 2.45) is 0 Å². The lowest BCUT2D eigenvalue weighted by molar-refractivity contribution is -0.384. The molecule has 0 spiro atoms. The Labute approximate surface area is 102 Å². The predicted molar refractivity (Wildman–Crippen MR) is 60.8 cm³/mol. The van der Waals surface area contributed by atoms with E-state index in [9.17, 15) is 14.9 Å². The fourth-order valence-corrected chi connectivity index (χ4v) is 1.39. The highest BCUT2D eigenvalue weighted by atomic mass is 16.6. The average molecular weight is 247 g/mol. The highest BCUT2D eigenvalue weighted by Gasteiger charge is 2.11. The van der Waals surface area contributed by atoms with Gasteiger partial charge in [0.1, 0.15) is 5.78 Å². The molecule has 0 fully saturated rings. The van der Waals surface area contributed by atoms with Crippen LogP contribution in [-0.4, -0.2) is 20.8 Å². The van der Waals surface area contributed by atoms with Crippen LogP contribution in [0, 0.1) is 10.1 Å². The molecule has 2 rings (SSSR count). The number of hydrogen-bond donors (Lipinski definition) is 0. The van der Waals surface area contributed by atoms with Crippen LogP contribution < -0.4 is 0 Å². The highest BCUT2D eigenvalue weighted by Crippen LogP contribution is 2.19. The van der Waals surface area contributed by atoms with Crippen LogP contribution in [0.25, 0.3) is 11.4 Å². The number of aromatic nitrogens is 2. The monoisotopic (exact) mass is 247 g/mol. The molecular weight excluding hydrogens is 238 g/mol. The van der Waals surface area contributed by atoms with E-state index in [-0.39, 0.29) is 23.8 Å². The van der Waals surface area contributed by atoms with Gasteiger partial charge in [0.2, 0.25) is 11.7 Å². The van der Waals surface area contributed by atoms with E-state index in [2.05, 4.69) is 10.1 Å². The predicted octanol–water partition coefficient (Wildman–Crippen LogP) is 1.78. The van der Waals surface area contributed by atoms with Crippen molar-refractivity contribution in [3.63, 3.8) is 0 Å². The van der Waals surface area contributed by atoms with E-state index in [4.69, 9.17) is 4.52 Å². The van der Waals surface area contributed by atoms with Gasteiger partial charge in [-0.3, -0.25) is 14.9 Å². The summed E-state index contributed by atoms with van der Waals surface area (Å²) in [5, 5.41) is 14.2. The second-order valence-corrected chi connectivity index (χ2v) is 3.69. The van der Waals surface area contributed by atoms with Crippen molar-refractivity contribution in [3.8, 4) is 11.4 Å². The highest BCUT2D eigenvalue weighted by molar-refractivity contribution is 5.77. The van der Waals surface area contributed by atoms with E-state index in [0.717, 1.165) is 0 Å². The topological polar surface area (TPSA) is 99.1 Å². The van der Waals surface area contributed by atoms with Crippen LogP contribution in [0.2, 0.25) is 0 Å². The minimum atomic E-state index is -0.485. The smallest absolute Gasteiger partial charge is 0.269 e. The summed E-state index contributed by atoms with van der Waals surface area (Å²) in [7, 11) is 0. The van der Waals surface area contributed by atoms with Crippen LogP contribution >= 0.6 is 0 Å². The van der Waals surface area contributed by atoms with Gasteiger partial charge in [-0.25, -0.2) is 0 Å². The first-order valence-corrected chi connectivity index (χ1v) is 5.13. The lowest BCUT2D eigenvalue weighted by Gasteiger charge is -1.93. The fourth-order valence-electron chi connectivity index (χ4n) is 1.39. The number of nitro groups is 1. The summed E-state index contributed by atoms with van der Waals surface area (Å²) < 4.78 is 4.89. The number of nitro benzene ring substituents is 1. The van der Waals surface area contributed by atoms with E-state index >= 15 is 0 Å². The van der Waals surface area contributed by atoms with Gasteiger partial charge in [-0.1, -0.05) is 5.16 Å². The van der Waals surface area contributed by atoms with Crippen molar-refractivity contribution >= 4 is 11.5 Å². The number of carbonyl (C=O) groups is 1. The third-order valence-electron chi connectivity index (χ3n) is 2.20. The van der Waals surface area contributed by atoms with Gasteiger partial charge in [0.15, 0.2) is 0 Å². The summed E-state index contributed by atoms with van der Waals surface area (Å²) in [6, 6.07) is 5.77. The van der Waals surface area contributed by atoms with Gasteiger partial charge >= 0.3 is 0 Å². The molecule has 0 saturated carbocycles. The van der Waals surface area contributed by atoms with Crippen molar-refractivity contribution in [2.45, 2.75) is 13.3 Å². The summed E-state index contributed by atoms with van der Waals surface area (Å²) in [5.41, 5.74) is 0.588. The number of Topliss-reactive ketones (excluding diaryl/α,β-unsaturated/α-hetero) is 1. The molecule has 0 aliphatic rings. The number of rotatable bonds is 4. The number of benzene rings is 1. The molecule has 0 bridgehead atoms. The van der Waals surface area contributed by atoms with Gasteiger partial charge in [-0.15, -0.1) is 0 Å². The second kappa shape index (κ2) is 4.74. The SMILES string of the molecule is CC(=O)Cc1nc(-c2ccc([N+](=O)[O-])cc2)no1. The van der Waals surface area contributed by atoms with E-state index in [1.54, 1.807) is 0 Å². The Kier molecular flexibility index (Phi) is 3.13. The van der Waals surface area contributed by atoms with Crippen molar-refractivity contribution in [3.05, 3.63) is 40.3 Å². The van der Waals surface area contributed by atoms with Crippen LogP contribution in [0.4, 0.5) is 5.69 Å². The summed E-state index contributed by atoms with van der Waals surface area (Å²) in [4.78, 5) is 24.9. The van der Waals surface area contributed by atoms with Crippen LogP contribution in [0.3, 0.4) is 0 Å². The van der Waals surface area contributed by atoms with Gasteiger partial charge < -0.3 is 4.52 Å². The number of hydrogen-bond acceptors (Lipinski definition) is 6. The molecule has 0 atom stereocenters. The van der Waals surface area contributed by atoms with Gasteiger partial charge in [0.25, 0.3) is 5.69 Å². The lowest BCUT2D eigenvalue weighted by Crippen LogP contribution is -1.96. The van der Waals surface area contributed by atoms with Crippen molar-refractivity contribution < 1.29 is 14.2 Å². The molecule has 1 heterocycles. The molecular formula is C11H9N3O4. The molecule has 1 aromatic heterocycles. The Hall–Kier alpha value is -2.57. The summed E-state index contributed by atoms with van der Waals surface area (Å²) in [6.07, 6.45) is 0.0833. The van der Waals surface area contributed by atoms with E-state index in [1.807, 2.05) is 0 Å². The maximum Gasteiger partial charge on any atom is 0.269 e. The first-order chi connectivity index (χ1) is 8.56. The Morgan fingerprint density at radius 3 is 2.61 bits per heavy atom. The van der Waals surface area contributed by atoms with E-state index < -0.39 is 4.92 Å².